The molecule has 2 aliphatic rings. The van der Waals surface area contributed by atoms with Gasteiger partial charge in [-0.15, -0.1) is 5.10 Å². The predicted octanol–water partition coefficient (Wildman–Crippen LogP) is 4.26. The smallest absolute Gasteiger partial charge is 0.175 e. The molecule has 1 fully saturated rings. The van der Waals surface area contributed by atoms with Crippen LogP contribution in [0, 0.1) is 19.3 Å². The van der Waals surface area contributed by atoms with E-state index in [0.717, 1.165) is 72.2 Å². The minimum atomic E-state index is 0.416. The van der Waals surface area contributed by atoms with E-state index in [1.165, 1.54) is 19.3 Å². The van der Waals surface area contributed by atoms with Crippen LogP contribution in [-0.4, -0.2) is 88.8 Å². The molecule has 1 saturated heterocycles. The summed E-state index contributed by atoms with van der Waals surface area (Å²) >= 11 is 0. The van der Waals surface area contributed by atoms with Gasteiger partial charge < -0.3 is 19.5 Å². The van der Waals surface area contributed by atoms with E-state index in [0.29, 0.717) is 23.8 Å². The van der Waals surface area contributed by atoms with Gasteiger partial charge in [0.2, 0.25) is 0 Å². The van der Waals surface area contributed by atoms with Crippen molar-refractivity contribution in [2.24, 2.45) is 12.0 Å². The van der Waals surface area contributed by atoms with Crippen molar-refractivity contribution in [3.05, 3.63) is 53.0 Å². The van der Waals surface area contributed by atoms with Crippen LogP contribution in [0.3, 0.4) is 0 Å². The maximum atomic E-state index is 9.17. The lowest BCUT2D eigenvalue weighted by molar-refractivity contribution is 0.169. The minimum Gasteiger partial charge on any atom is -0.490 e. The Labute approximate surface area is 225 Å². The monoisotopic (exact) mass is 516 g/mol. The van der Waals surface area contributed by atoms with Crippen molar-refractivity contribution in [3.8, 4) is 0 Å². The summed E-state index contributed by atoms with van der Waals surface area (Å²) in [4.78, 5) is 9.68. The van der Waals surface area contributed by atoms with Gasteiger partial charge in [0.05, 0.1) is 22.6 Å². The first kappa shape index (κ1) is 26.2. The summed E-state index contributed by atoms with van der Waals surface area (Å²) < 4.78 is 10.4. The third-order valence-electron chi connectivity index (χ3n) is 7.71. The van der Waals surface area contributed by atoms with Crippen molar-refractivity contribution in [2.75, 3.05) is 58.7 Å². The molecule has 9 heteroatoms. The highest BCUT2D eigenvalue weighted by molar-refractivity contribution is 6.54. The maximum Gasteiger partial charge on any atom is 0.175 e. The average Bonchev–Trinajstić information content (AvgIpc) is 3.37. The molecule has 38 heavy (non-hydrogen) atoms. The van der Waals surface area contributed by atoms with E-state index in [9.17, 15) is 5.41 Å². The molecule has 0 amide bonds. The molecule has 3 aromatic heterocycles. The number of anilines is 1. The van der Waals surface area contributed by atoms with E-state index in [1.807, 2.05) is 35.0 Å². The van der Waals surface area contributed by atoms with Crippen molar-refractivity contribution in [3.63, 3.8) is 0 Å². The van der Waals surface area contributed by atoms with Gasteiger partial charge in [-0.3, -0.25) is 10.3 Å². The number of aromatic nitrogens is 3. The number of piperidine rings is 1. The van der Waals surface area contributed by atoms with E-state index < -0.39 is 0 Å². The number of nitrogens with one attached hydrogen (secondary N) is 2. The fraction of sp³-hybridized carbons (Fsp3) is 0.483. The molecule has 9 nitrogen and oxygen atoms in total. The van der Waals surface area contributed by atoms with Crippen LogP contribution in [0.25, 0.3) is 11.3 Å². The van der Waals surface area contributed by atoms with Crippen molar-refractivity contribution < 1.29 is 4.74 Å². The Balaban J connectivity index is 1.52. The molecular weight excluding hydrogens is 476 g/mol. The van der Waals surface area contributed by atoms with E-state index in [-0.39, 0.29) is 0 Å². The first-order chi connectivity index (χ1) is 18.3. The molecule has 2 N–H and O–H groups in total. The quantitative estimate of drug-likeness (QED) is 0.444. The number of likely N-dealkylation sites (tertiary alicyclic amines) is 1. The van der Waals surface area contributed by atoms with Crippen LogP contribution in [0.5, 0.6) is 0 Å². The highest BCUT2D eigenvalue weighted by atomic mass is 16.5. The first-order valence-electron chi connectivity index (χ1n) is 13.6. The predicted molar refractivity (Wildman–Crippen MR) is 155 cm³/mol. The van der Waals surface area contributed by atoms with Crippen molar-refractivity contribution in [1.82, 2.24) is 24.0 Å². The highest BCUT2D eigenvalue weighted by Crippen LogP contribution is 2.35. The molecular formula is C29H40N8O. The van der Waals surface area contributed by atoms with Gasteiger partial charge in [0.25, 0.3) is 0 Å². The van der Waals surface area contributed by atoms with Crippen LogP contribution in [0.4, 0.5) is 11.5 Å². The molecule has 4 heterocycles. The molecule has 0 radical (unpaired) electrons. The third-order valence-corrected chi connectivity index (χ3v) is 7.71. The van der Waals surface area contributed by atoms with Gasteiger partial charge >= 0.3 is 0 Å². The zero-order valence-corrected chi connectivity index (χ0v) is 23.3. The normalized spacial score (nSPS) is 17.4. The summed E-state index contributed by atoms with van der Waals surface area (Å²) in [6, 6.07) is 5.96. The van der Waals surface area contributed by atoms with E-state index >= 15 is 0 Å². The Kier molecular flexibility index (Phi) is 7.67. The van der Waals surface area contributed by atoms with Gasteiger partial charge in [-0.2, -0.15) is 0 Å². The number of likely N-dealkylation sites (N-methyl/N-ethyl adjacent to an activating group) is 1. The van der Waals surface area contributed by atoms with Crippen LogP contribution in [0.15, 0.2) is 35.5 Å². The lowest BCUT2D eigenvalue weighted by Crippen LogP contribution is -2.32. The number of aliphatic imine (C=N–C) groups is 1. The number of hydrogen-bond donors (Lipinski definition) is 2. The van der Waals surface area contributed by atoms with Crippen LogP contribution >= 0.6 is 0 Å². The van der Waals surface area contributed by atoms with Gasteiger partial charge in [-0.25, -0.2) is 9.51 Å². The zero-order valence-electron chi connectivity index (χ0n) is 23.3. The Morgan fingerprint density at radius 2 is 1.95 bits per heavy atom. The second-order valence-electron chi connectivity index (χ2n) is 10.6. The highest BCUT2D eigenvalue weighted by Gasteiger charge is 2.30. The second kappa shape index (κ2) is 11.1. The van der Waals surface area contributed by atoms with E-state index in [1.54, 1.807) is 0 Å². The molecule has 0 saturated carbocycles. The minimum absolute atomic E-state index is 0.416. The fourth-order valence-electron chi connectivity index (χ4n) is 5.33. The number of fused-ring (bicyclic) bond motifs is 2. The van der Waals surface area contributed by atoms with Crippen molar-refractivity contribution in [2.45, 2.75) is 33.1 Å². The Morgan fingerprint density at radius 1 is 1.16 bits per heavy atom. The topological polar surface area (TPSA) is 86.2 Å². The van der Waals surface area contributed by atoms with Gasteiger partial charge in [0.15, 0.2) is 5.82 Å². The summed E-state index contributed by atoms with van der Waals surface area (Å²) in [6.45, 7) is 9.61. The molecule has 3 aromatic rings. The SMILES string of the molecule is Cc1c2c(n(C)c1C)C(OCCN1CCCCC1)=C/C(=N\c1c(NCCN(C)C)nn3ccccc13)C2=N. The van der Waals surface area contributed by atoms with Crippen LogP contribution in [0.2, 0.25) is 0 Å². The summed E-state index contributed by atoms with van der Waals surface area (Å²) in [5.74, 6) is 1.50. The zero-order chi connectivity index (χ0) is 26.8. The van der Waals surface area contributed by atoms with Gasteiger partial charge in [-0.1, -0.05) is 12.5 Å². The molecule has 1 aliphatic carbocycles. The van der Waals surface area contributed by atoms with Crippen molar-refractivity contribution in [1.29, 1.82) is 5.41 Å². The van der Waals surface area contributed by atoms with Crippen LogP contribution in [-0.2, 0) is 11.8 Å². The number of hydrogen-bond acceptors (Lipinski definition) is 7. The Hall–Kier alpha value is -3.43. The fourth-order valence-corrected chi connectivity index (χ4v) is 5.33. The Morgan fingerprint density at radius 3 is 2.71 bits per heavy atom. The summed E-state index contributed by atoms with van der Waals surface area (Å²) in [7, 11) is 6.15. The first-order valence-corrected chi connectivity index (χ1v) is 13.6. The summed E-state index contributed by atoms with van der Waals surface area (Å²) in [6.07, 6.45) is 7.72. The number of pyridine rings is 1. The molecule has 5 rings (SSSR count). The molecule has 0 bridgehead atoms. The van der Waals surface area contributed by atoms with Crippen LogP contribution in [0.1, 0.15) is 41.8 Å². The third kappa shape index (κ3) is 5.13. The lowest BCUT2D eigenvalue weighted by Gasteiger charge is -2.27. The largest absolute Gasteiger partial charge is 0.490 e. The van der Waals surface area contributed by atoms with E-state index in [4.69, 9.17) is 14.8 Å². The maximum absolute atomic E-state index is 9.17. The number of rotatable bonds is 9. The molecule has 0 aromatic carbocycles. The molecule has 202 valence electrons. The second-order valence-corrected chi connectivity index (χ2v) is 10.6. The number of nitrogens with zero attached hydrogens (tertiary/aromatic N) is 6. The van der Waals surface area contributed by atoms with Crippen molar-refractivity contribution >= 4 is 34.2 Å². The summed E-state index contributed by atoms with van der Waals surface area (Å²) in [5.41, 5.74) is 6.73. The molecule has 0 spiro atoms. The molecule has 0 atom stereocenters. The van der Waals surface area contributed by atoms with E-state index in [2.05, 4.69) is 54.7 Å². The van der Waals surface area contributed by atoms with Crippen LogP contribution < -0.4 is 5.32 Å². The summed E-state index contributed by atoms with van der Waals surface area (Å²) in [5, 5.41) is 17.4. The van der Waals surface area contributed by atoms with Gasteiger partial charge in [-0.05, 0) is 71.6 Å². The van der Waals surface area contributed by atoms with Gasteiger partial charge in [0.1, 0.15) is 18.1 Å². The van der Waals surface area contributed by atoms with Gasteiger partial charge in [0, 0.05) is 50.2 Å². The Bertz CT molecular complexity index is 1390. The number of ether oxygens (including phenoxy) is 1. The lowest BCUT2D eigenvalue weighted by atomic mass is 9.95. The standard InChI is InChI=1S/C29H40N8O/c1-20-21(2)35(5)28-24(38-18-17-36-13-8-6-9-14-36)19-22(26(30)25(20)28)32-27-23-11-7-10-15-37(23)33-29(27)31-12-16-34(3)4/h7,10-11,15,19,30H,6,8-9,12-14,16-18H2,1-5H3,(H,31,33)/b30-26?,32-22+. The average molecular weight is 517 g/mol. The molecule has 1 aliphatic heterocycles. The molecule has 0 unspecified atom stereocenters. The number of allylic oxidation sites excluding steroid dienone is 1.